The molecule has 0 radical (unpaired) electrons. The molecule has 0 fully saturated rings. The molecule has 0 heterocycles. The van der Waals surface area contributed by atoms with Crippen LogP contribution >= 0.6 is 0 Å². The first kappa shape index (κ1) is 13.9. The van der Waals surface area contributed by atoms with Gasteiger partial charge in [-0.25, -0.2) is 4.39 Å². The maximum absolute atomic E-state index is 13.5. The van der Waals surface area contributed by atoms with Crippen LogP contribution in [0.25, 0.3) is 0 Å². The summed E-state index contributed by atoms with van der Waals surface area (Å²) in [5, 5.41) is 0. The molecule has 0 saturated heterocycles. The van der Waals surface area contributed by atoms with E-state index >= 15 is 0 Å². The van der Waals surface area contributed by atoms with E-state index in [1.165, 1.54) is 6.07 Å². The molecule has 0 aliphatic heterocycles. The number of benzene rings is 1. The number of rotatable bonds is 5. The van der Waals surface area contributed by atoms with E-state index in [4.69, 9.17) is 15.2 Å². The second-order valence-corrected chi connectivity index (χ2v) is 4.83. The summed E-state index contributed by atoms with van der Waals surface area (Å²) in [4.78, 5) is 0. The Labute approximate surface area is 102 Å². The van der Waals surface area contributed by atoms with Crippen molar-refractivity contribution in [3.63, 3.8) is 0 Å². The van der Waals surface area contributed by atoms with E-state index in [0.29, 0.717) is 18.8 Å². The Balaban J connectivity index is 2.29. The van der Waals surface area contributed by atoms with Gasteiger partial charge >= 0.3 is 0 Å². The van der Waals surface area contributed by atoms with E-state index in [0.717, 1.165) is 0 Å². The molecular weight excluding hydrogens is 221 g/mol. The lowest BCUT2D eigenvalue weighted by Gasteiger charge is -2.19. The lowest BCUT2D eigenvalue weighted by molar-refractivity contribution is -0.0379. The number of anilines is 1. The molecule has 4 heteroatoms. The third-order valence-electron chi connectivity index (χ3n) is 2.13. The van der Waals surface area contributed by atoms with Crippen molar-refractivity contribution >= 4 is 5.69 Å². The van der Waals surface area contributed by atoms with E-state index in [2.05, 4.69) is 0 Å². The minimum absolute atomic E-state index is 0.150. The fourth-order valence-electron chi connectivity index (χ4n) is 1.30. The predicted molar refractivity (Wildman–Crippen MR) is 66.2 cm³/mol. The third kappa shape index (κ3) is 5.15. The molecule has 0 bridgehead atoms. The van der Waals surface area contributed by atoms with E-state index < -0.39 is 5.82 Å². The van der Waals surface area contributed by atoms with Crippen molar-refractivity contribution in [2.45, 2.75) is 33.0 Å². The summed E-state index contributed by atoms with van der Waals surface area (Å²) in [5.41, 5.74) is 5.90. The van der Waals surface area contributed by atoms with Crippen LogP contribution in [-0.4, -0.2) is 18.8 Å². The van der Waals surface area contributed by atoms with E-state index in [9.17, 15) is 4.39 Å². The summed E-state index contributed by atoms with van der Waals surface area (Å²) in [7, 11) is 0. The average molecular weight is 241 g/mol. The van der Waals surface area contributed by atoms with Crippen LogP contribution in [0.4, 0.5) is 10.1 Å². The highest BCUT2D eigenvalue weighted by Crippen LogP contribution is 2.15. The van der Waals surface area contributed by atoms with Gasteiger partial charge in [-0.2, -0.15) is 0 Å². The highest BCUT2D eigenvalue weighted by Gasteiger charge is 2.09. The van der Waals surface area contributed by atoms with Crippen molar-refractivity contribution in [3.8, 4) is 0 Å². The molecule has 0 aliphatic carbocycles. The van der Waals surface area contributed by atoms with Gasteiger partial charge in [0.1, 0.15) is 0 Å². The summed E-state index contributed by atoms with van der Waals surface area (Å²) < 4.78 is 24.3. The number of nitrogen functional groups attached to an aromatic ring is 1. The summed E-state index contributed by atoms with van der Waals surface area (Å²) >= 11 is 0. The fourth-order valence-corrected chi connectivity index (χ4v) is 1.30. The lowest BCUT2D eigenvalue weighted by Crippen LogP contribution is -2.21. The molecule has 0 aromatic heterocycles. The number of nitrogens with two attached hydrogens (primary N) is 1. The van der Waals surface area contributed by atoms with Crippen molar-refractivity contribution < 1.29 is 13.9 Å². The second-order valence-electron chi connectivity index (χ2n) is 4.83. The Morgan fingerprint density at radius 2 is 1.94 bits per heavy atom. The van der Waals surface area contributed by atoms with Crippen LogP contribution in [-0.2, 0) is 16.1 Å². The summed E-state index contributed by atoms with van der Waals surface area (Å²) in [6, 6.07) is 4.90. The van der Waals surface area contributed by atoms with Gasteiger partial charge in [-0.15, -0.1) is 0 Å². The van der Waals surface area contributed by atoms with E-state index in [1.54, 1.807) is 12.1 Å². The topological polar surface area (TPSA) is 44.5 Å². The van der Waals surface area contributed by atoms with Gasteiger partial charge in [0, 0.05) is 5.56 Å². The lowest BCUT2D eigenvalue weighted by atomic mass is 10.2. The molecule has 0 unspecified atom stereocenters. The van der Waals surface area contributed by atoms with Gasteiger partial charge in [0.25, 0.3) is 0 Å². The molecule has 1 aromatic carbocycles. The first-order valence-electron chi connectivity index (χ1n) is 5.65. The van der Waals surface area contributed by atoms with Gasteiger partial charge in [0.2, 0.25) is 0 Å². The molecule has 17 heavy (non-hydrogen) atoms. The van der Waals surface area contributed by atoms with Gasteiger partial charge < -0.3 is 15.2 Å². The largest absolute Gasteiger partial charge is 0.396 e. The zero-order valence-corrected chi connectivity index (χ0v) is 10.6. The minimum atomic E-state index is -0.399. The van der Waals surface area contributed by atoms with Gasteiger partial charge in [0.15, 0.2) is 5.82 Å². The molecule has 1 rings (SSSR count). The Hall–Kier alpha value is -1.13. The Morgan fingerprint density at radius 1 is 1.24 bits per heavy atom. The third-order valence-corrected chi connectivity index (χ3v) is 2.13. The van der Waals surface area contributed by atoms with Crippen molar-refractivity contribution in [1.82, 2.24) is 0 Å². The van der Waals surface area contributed by atoms with Crippen LogP contribution in [0.15, 0.2) is 18.2 Å². The van der Waals surface area contributed by atoms with E-state index in [-0.39, 0.29) is 17.9 Å². The zero-order chi connectivity index (χ0) is 12.9. The highest BCUT2D eigenvalue weighted by molar-refractivity contribution is 5.42. The second kappa shape index (κ2) is 5.98. The van der Waals surface area contributed by atoms with Gasteiger partial charge in [-0.05, 0) is 26.8 Å². The number of ether oxygens (including phenoxy) is 2. The first-order valence-corrected chi connectivity index (χ1v) is 5.65. The van der Waals surface area contributed by atoms with Crippen LogP contribution in [0, 0.1) is 5.82 Å². The monoisotopic (exact) mass is 241 g/mol. The Morgan fingerprint density at radius 3 is 2.59 bits per heavy atom. The van der Waals surface area contributed by atoms with Gasteiger partial charge in [-0.1, -0.05) is 12.1 Å². The summed E-state index contributed by atoms with van der Waals surface area (Å²) in [6.07, 6.45) is 0. The van der Waals surface area contributed by atoms with Crippen molar-refractivity contribution in [1.29, 1.82) is 0 Å². The molecule has 0 atom stereocenters. The molecule has 0 spiro atoms. The molecule has 3 nitrogen and oxygen atoms in total. The fraction of sp³-hybridized carbons (Fsp3) is 0.538. The number of hydrogen-bond donors (Lipinski definition) is 1. The number of hydrogen-bond acceptors (Lipinski definition) is 3. The number of halogens is 1. The highest BCUT2D eigenvalue weighted by atomic mass is 19.1. The molecule has 0 saturated carbocycles. The molecular formula is C13H20FNO2. The summed E-state index contributed by atoms with van der Waals surface area (Å²) in [6.45, 7) is 7.07. The Kier molecular flexibility index (Phi) is 4.90. The van der Waals surface area contributed by atoms with Gasteiger partial charge in [0.05, 0.1) is 31.1 Å². The standard InChI is InChI=1S/C13H20FNO2/c1-13(2,3)17-8-7-16-9-10-5-4-6-11(15)12(10)14/h4-6H,7-9,15H2,1-3H3. The first-order chi connectivity index (χ1) is 7.90. The maximum atomic E-state index is 13.5. The van der Waals surface area contributed by atoms with Crippen LogP contribution in [0.2, 0.25) is 0 Å². The van der Waals surface area contributed by atoms with Crippen LogP contribution in [0.1, 0.15) is 26.3 Å². The van der Waals surface area contributed by atoms with E-state index in [1.807, 2.05) is 20.8 Å². The molecule has 2 N–H and O–H groups in total. The quantitative estimate of drug-likeness (QED) is 0.636. The minimum Gasteiger partial charge on any atom is -0.396 e. The van der Waals surface area contributed by atoms with Gasteiger partial charge in [-0.3, -0.25) is 0 Å². The normalized spacial score (nSPS) is 11.8. The zero-order valence-electron chi connectivity index (χ0n) is 10.6. The average Bonchev–Trinajstić information content (AvgIpc) is 2.22. The summed E-state index contributed by atoms with van der Waals surface area (Å²) in [5.74, 6) is -0.399. The Bertz CT molecular complexity index is 361. The molecule has 1 aromatic rings. The predicted octanol–water partition coefficient (Wildman–Crippen LogP) is 2.74. The van der Waals surface area contributed by atoms with Crippen LogP contribution < -0.4 is 5.73 Å². The SMILES string of the molecule is CC(C)(C)OCCOCc1cccc(N)c1F. The van der Waals surface area contributed by atoms with Crippen molar-refractivity contribution in [2.24, 2.45) is 0 Å². The molecule has 96 valence electrons. The van der Waals surface area contributed by atoms with Crippen molar-refractivity contribution in [2.75, 3.05) is 18.9 Å². The van der Waals surface area contributed by atoms with Crippen molar-refractivity contribution in [3.05, 3.63) is 29.6 Å². The molecule has 0 aliphatic rings. The maximum Gasteiger partial charge on any atom is 0.151 e. The smallest absolute Gasteiger partial charge is 0.151 e. The molecule has 0 amide bonds. The van der Waals surface area contributed by atoms with Crippen LogP contribution in [0.5, 0.6) is 0 Å². The van der Waals surface area contributed by atoms with Crippen LogP contribution in [0.3, 0.4) is 0 Å².